The monoisotopic (exact) mass is 1030 g/mol. The second-order valence-electron chi connectivity index (χ2n) is 16.0. The van der Waals surface area contributed by atoms with Gasteiger partial charge in [0.2, 0.25) is 0 Å². The Bertz CT molecular complexity index is 2080. The number of rotatable bonds is 22. The Hall–Kier alpha value is -5.54. The number of nitrogens with two attached hydrogens (primary N) is 1. The van der Waals surface area contributed by atoms with Gasteiger partial charge in [-0.2, -0.15) is 0 Å². The molecule has 2 aromatic carbocycles. The summed E-state index contributed by atoms with van der Waals surface area (Å²) in [4.78, 5) is 73.9. The summed E-state index contributed by atoms with van der Waals surface area (Å²) in [5, 5.41) is 62.9. The average molecular weight is 1030 g/mol. The van der Waals surface area contributed by atoms with Crippen LogP contribution in [0.4, 0.5) is 27.5 Å². The summed E-state index contributed by atoms with van der Waals surface area (Å²) in [5.41, 5.74) is 4.09. The Morgan fingerprint density at radius 3 is 1.72 bits per heavy atom. The van der Waals surface area contributed by atoms with Crippen LogP contribution < -0.4 is 11.1 Å². The predicted octanol–water partition coefficient (Wildman–Crippen LogP) is 6.28. The summed E-state index contributed by atoms with van der Waals surface area (Å²) in [6, 6.07) is 7.22. The molecule has 352 valence electrons. The van der Waals surface area contributed by atoms with E-state index in [9.17, 15) is 54.8 Å². The molecule has 0 bridgehead atoms. The first-order valence-corrected chi connectivity index (χ1v) is 22.7. The summed E-state index contributed by atoms with van der Waals surface area (Å²) in [7, 11) is 0. The zero-order valence-electron chi connectivity index (χ0n) is 36.7. The summed E-state index contributed by atoms with van der Waals surface area (Å²) >= 11 is 2.62. The molecule has 0 saturated carbocycles. The molecule has 4 N–H and O–H groups in total. The zero-order valence-corrected chi connectivity index (χ0v) is 40.1. The van der Waals surface area contributed by atoms with Gasteiger partial charge in [-0.15, -0.1) is 0 Å². The number of carbonyl (C=O) groups excluding carboxylic acids is 2. The Balaban J connectivity index is 0.000000526. The quantitative estimate of drug-likeness (QED) is 0.0328. The van der Waals surface area contributed by atoms with E-state index in [1.165, 1.54) is 24.3 Å². The van der Waals surface area contributed by atoms with Crippen molar-refractivity contribution in [3.63, 3.8) is 0 Å². The van der Waals surface area contributed by atoms with Crippen molar-refractivity contribution in [1.82, 2.24) is 15.5 Å². The molecule has 0 atom stereocenters. The van der Waals surface area contributed by atoms with Crippen molar-refractivity contribution in [2.75, 3.05) is 13.1 Å². The molecule has 1 heterocycles. The number of amides is 1. The summed E-state index contributed by atoms with van der Waals surface area (Å²) in [5.74, 6) is -0.933. The van der Waals surface area contributed by atoms with E-state index in [-0.39, 0.29) is 62.6 Å². The number of ether oxygens (including phenoxy) is 2. The molecule has 0 aliphatic heterocycles. The zero-order chi connectivity index (χ0) is 48.6. The molecule has 0 aliphatic rings. The Morgan fingerprint density at radius 2 is 1.22 bits per heavy atom. The molecule has 0 spiro atoms. The third kappa shape index (κ3) is 24.9. The minimum atomic E-state index is -0.757. The molecule has 24 heteroatoms. The maximum absolute atomic E-state index is 11.6. The van der Waals surface area contributed by atoms with Gasteiger partial charge in [0.25, 0.3) is 0 Å². The van der Waals surface area contributed by atoms with Crippen LogP contribution in [0.5, 0.6) is 0 Å². The molecule has 1 aromatic heterocycles. The van der Waals surface area contributed by atoms with Gasteiger partial charge >= 0.3 is 301 Å². The number of non-ortho nitro benzene ring substituents is 2. The van der Waals surface area contributed by atoms with Crippen molar-refractivity contribution < 1.29 is 48.7 Å². The standard InChI is InChI=1S/C19H25N5O6Se.C12H22O4.C9H9N3O4Se/c1-19(2,3)30-18(25)20-10-6-4-5-7-16-21-22-17(31-16)11-13-8-9-14(23(26)27)12-15(13)24(28)29;1-12(2,3)16-11(15)9-7-5-4-6-8-10(13)14;10-5-8(17)3-6-1-2-7(11(13)14)4-9(6)12(15)16/h8-9,12H,4-7,10-11H2,1-3H3,(H,20,25);4-9H2,1-3H3,(H,13,14);1-2,4H,3,5,10H2. The van der Waals surface area contributed by atoms with Crippen molar-refractivity contribution in [3.8, 4) is 0 Å². The fourth-order valence-corrected chi connectivity index (χ4v) is 7.49. The van der Waals surface area contributed by atoms with Crippen LogP contribution >= 0.6 is 0 Å². The SMILES string of the molecule is CC(C)(C)OC(=O)CCCCCCC(=O)O.CC(C)(C)OC(=O)NCCCCCc1nnc(Cc2ccc([N+](=O)[O-])cc2[N+](=O)[O-])[se]1.NCC(=[Se])Cc1ccc([N+](=O)[O-])cc1[N+](=O)[O-]. The number of carboxylic acid groups (broad SMARTS) is 1. The fraction of sp³-hybridized carbons (Fsp3) is 0.550. The number of aryl methyl sites for hydroxylation is 1. The van der Waals surface area contributed by atoms with Gasteiger partial charge in [-0.25, -0.2) is 0 Å². The Labute approximate surface area is 383 Å². The van der Waals surface area contributed by atoms with Crippen molar-refractivity contribution in [3.05, 3.63) is 97.1 Å². The molecule has 3 rings (SSSR count). The molecule has 0 radical (unpaired) electrons. The number of hydrogen-bond donors (Lipinski definition) is 3. The van der Waals surface area contributed by atoms with Crippen LogP contribution in [0.2, 0.25) is 0 Å². The number of alkyl carbamates (subject to hydrolysis) is 1. The predicted molar refractivity (Wildman–Crippen MR) is 238 cm³/mol. The number of benzene rings is 2. The molecule has 64 heavy (non-hydrogen) atoms. The normalized spacial score (nSPS) is 10.9. The molecule has 0 unspecified atom stereocenters. The van der Waals surface area contributed by atoms with Crippen LogP contribution in [-0.2, 0) is 38.3 Å². The molecule has 22 nitrogen and oxygen atoms in total. The topological polar surface area (TPSA) is 326 Å². The van der Waals surface area contributed by atoms with Gasteiger partial charge in [0.1, 0.15) is 5.60 Å². The fourth-order valence-electron chi connectivity index (χ4n) is 5.25. The third-order valence-corrected chi connectivity index (χ3v) is 10.8. The molecule has 3 aromatic rings. The van der Waals surface area contributed by atoms with E-state index in [0.29, 0.717) is 36.9 Å². The van der Waals surface area contributed by atoms with Crippen LogP contribution in [0, 0.1) is 40.5 Å². The average Bonchev–Trinajstić information content (AvgIpc) is 3.63. The van der Waals surface area contributed by atoms with Crippen molar-refractivity contribution in [1.29, 1.82) is 0 Å². The van der Waals surface area contributed by atoms with E-state index in [0.717, 1.165) is 70.6 Å². The molecular formula is C40H56N8O14Se2. The van der Waals surface area contributed by atoms with Crippen LogP contribution in [0.15, 0.2) is 36.4 Å². The number of nitro groups is 4. The number of aliphatic carboxylic acids is 1. The third-order valence-electron chi connectivity index (χ3n) is 8.10. The summed E-state index contributed by atoms with van der Waals surface area (Å²) < 4.78 is 12.8. The molecule has 0 saturated heterocycles. The number of nitrogens with one attached hydrogen (secondary N) is 1. The first-order chi connectivity index (χ1) is 29.8. The first-order valence-electron chi connectivity index (χ1n) is 20.1. The van der Waals surface area contributed by atoms with Crippen molar-refractivity contribution >= 4 is 75.3 Å². The molecule has 0 fully saturated rings. The van der Waals surface area contributed by atoms with Crippen molar-refractivity contribution in [2.45, 2.75) is 130 Å². The first kappa shape index (κ1) is 56.5. The molecule has 0 aliphatic carbocycles. The van der Waals surface area contributed by atoms with E-state index < -0.39 is 43.0 Å². The number of nitrogens with zero attached hydrogens (tertiary/aromatic N) is 6. The second kappa shape index (κ2) is 28.3. The van der Waals surface area contributed by atoms with E-state index in [4.69, 9.17) is 20.3 Å². The minimum absolute atomic E-state index is 0.0928. The van der Waals surface area contributed by atoms with Gasteiger partial charge < -0.3 is 9.84 Å². The van der Waals surface area contributed by atoms with Gasteiger partial charge in [-0.1, -0.05) is 12.8 Å². The number of esters is 1. The second-order valence-corrected chi connectivity index (χ2v) is 19.6. The number of carboxylic acids is 1. The van der Waals surface area contributed by atoms with Gasteiger partial charge in [0.05, 0.1) is 0 Å². The number of nitro benzene ring substituents is 4. The van der Waals surface area contributed by atoms with Gasteiger partial charge in [0.15, 0.2) is 0 Å². The van der Waals surface area contributed by atoms with E-state index in [1.807, 2.05) is 41.5 Å². The van der Waals surface area contributed by atoms with Crippen molar-refractivity contribution in [2.24, 2.45) is 5.73 Å². The summed E-state index contributed by atoms with van der Waals surface area (Å²) in [6.07, 6.45) is 7.37. The van der Waals surface area contributed by atoms with Crippen LogP contribution in [0.1, 0.15) is 120 Å². The number of carbonyl (C=O) groups is 3. The summed E-state index contributed by atoms with van der Waals surface area (Å²) in [6.45, 7) is 11.8. The molecule has 1 amide bonds. The number of hydrogen-bond acceptors (Lipinski definition) is 16. The van der Waals surface area contributed by atoms with Crippen LogP contribution in [0.3, 0.4) is 0 Å². The van der Waals surface area contributed by atoms with Gasteiger partial charge in [0, 0.05) is 12.8 Å². The van der Waals surface area contributed by atoms with Crippen LogP contribution in [0.25, 0.3) is 0 Å². The Kier molecular flexibility index (Phi) is 25.0. The van der Waals surface area contributed by atoms with E-state index in [2.05, 4.69) is 31.1 Å². The van der Waals surface area contributed by atoms with Gasteiger partial charge in [-0.05, 0) is 33.6 Å². The molecular weight excluding hydrogens is 974 g/mol. The Morgan fingerprint density at radius 1 is 0.719 bits per heavy atom. The van der Waals surface area contributed by atoms with E-state index >= 15 is 0 Å². The van der Waals surface area contributed by atoms with E-state index in [1.54, 1.807) is 0 Å². The number of unbranched alkanes of at least 4 members (excludes halogenated alkanes) is 5. The maximum atomic E-state index is 11.6. The van der Waals surface area contributed by atoms with Gasteiger partial charge in [-0.3, -0.25) is 9.59 Å². The van der Waals surface area contributed by atoms with Crippen LogP contribution in [-0.4, -0.2) is 112 Å². The number of aromatic nitrogens is 2.